The van der Waals surface area contributed by atoms with Crippen LogP contribution in [0.4, 0.5) is 8.78 Å². The molecule has 1 aromatic heterocycles. The monoisotopic (exact) mass is 357 g/mol. The van der Waals surface area contributed by atoms with Gasteiger partial charge in [0.05, 0.1) is 19.3 Å². The van der Waals surface area contributed by atoms with Crippen molar-refractivity contribution in [3.8, 4) is 5.75 Å². The molecule has 0 bridgehead atoms. The van der Waals surface area contributed by atoms with Crippen LogP contribution in [-0.4, -0.2) is 24.7 Å². The molecule has 17 heavy (non-hydrogen) atoms. The number of rotatable bonds is 4. The van der Waals surface area contributed by atoms with E-state index >= 15 is 0 Å². The Morgan fingerprint density at radius 3 is 2.71 bits per heavy atom. The fraction of sp³-hybridized carbons (Fsp3) is 0.400. The van der Waals surface area contributed by atoms with Crippen LogP contribution in [0.3, 0.4) is 0 Å². The first-order valence-corrected chi connectivity index (χ1v) is 5.78. The molecule has 0 atom stereocenters. The zero-order valence-electron chi connectivity index (χ0n) is 9.17. The third-order valence-corrected chi connectivity index (χ3v) is 2.72. The van der Waals surface area contributed by atoms with Crippen molar-refractivity contribution in [3.63, 3.8) is 0 Å². The Kier molecular flexibility index (Phi) is 5.03. The first-order chi connectivity index (χ1) is 8.01. The van der Waals surface area contributed by atoms with Gasteiger partial charge in [0.25, 0.3) is 6.43 Å². The molecule has 0 aliphatic rings. The van der Waals surface area contributed by atoms with E-state index < -0.39 is 12.4 Å². The summed E-state index contributed by atoms with van der Waals surface area (Å²) in [6.45, 7) is 1.84. The lowest BCUT2D eigenvalue weighted by atomic mass is 10.2. The molecule has 0 spiro atoms. The van der Waals surface area contributed by atoms with Gasteiger partial charge in [0, 0.05) is 6.07 Å². The van der Waals surface area contributed by atoms with Gasteiger partial charge in [-0.2, -0.15) is 0 Å². The third kappa shape index (κ3) is 3.24. The summed E-state index contributed by atoms with van der Waals surface area (Å²) in [5.41, 5.74) is -0.362. The van der Waals surface area contributed by atoms with E-state index in [1.165, 1.54) is 7.11 Å². The topological polar surface area (TPSA) is 48.4 Å². The normalized spacial score (nSPS) is 10.5. The molecule has 4 nitrogen and oxygen atoms in total. The standard InChI is InChI=1S/C10H10F2INO3/c1-3-17-10(15)5-4-6(16-2)7(8(11)12)9(13)14-5/h4,8H,3H2,1-2H3. The molecule has 0 N–H and O–H groups in total. The van der Waals surface area contributed by atoms with Crippen LogP contribution in [0.25, 0.3) is 0 Å². The molecule has 1 heterocycles. The zero-order chi connectivity index (χ0) is 13.0. The van der Waals surface area contributed by atoms with Gasteiger partial charge < -0.3 is 9.47 Å². The summed E-state index contributed by atoms with van der Waals surface area (Å²) in [4.78, 5) is 15.2. The van der Waals surface area contributed by atoms with Gasteiger partial charge in [0.2, 0.25) is 0 Å². The number of hydrogen-bond acceptors (Lipinski definition) is 4. The van der Waals surface area contributed by atoms with Crippen molar-refractivity contribution in [1.82, 2.24) is 4.98 Å². The van der Waals surface area contributed by atoms with Crippen LogP contribution in [0.5, 0.6) is 5.75 Å². The molecular weight excluding hydrogens is 347 g/mol. The molecule has 1 rings (SSSR count). The van der Waals surface area contributed by atoms with Crippen LogP contribution in [0.1, 0.15) is 29.4 Å². The highest BCUT2D eigenvalue weighted by molar-refractivity contribution is 14.1. The number of carbonyl (C=O) groups excluding carboxylic acids is 1. The summed E-state index contributed by atoms with van der Waals surface area (Å²) in [7, 11) is 1.26. The number of methoxy groups -OCH3 is 1. The molecule has 7 heteroatoms. The Balaban J connectivity index is 3.22. The molecular formula is C10H10F2INO3. The van der Waals surface area contributed by atoms with Crippen LogP contribution in [0, 0.1) is 3.70 Å². The minimum Gasteiger partial charge on any atom is -0.496 e. The van der Waals surface area contributed by atoms with Crippen LogP contribution in [0.2, 0.25) is 0 Å². The van der Waals surface area contributed by atoms with Gasteiger partial charge in [-0.15, -0.1) is 0 Å². The summed E-state index contributed by atoms with van der Waals surface area (Å²) >= 11 is 1.63. The van der Waals surface area contributed by atoms with Gasteiger partial charge in [-0.25, -0.2) is 18.6 Å². The number of carbonyl (C=O) groups is 1. The second-order valence-electron chi connectivity index (χ2n) is 2.94. The third-order valence-electron chi connectivity index (χ3n) is 1.90. The van der Waals surface area contributed by atoms with Crippen molar-refractivity contribution < 1.29 is 23.0 Å². The van der Waals surface area contributed by atoms with E-state index in [4.69, 9.17) is 9.47 Å². The first kappa shape index (κ1) is 14.1. The molecule has 1 aromatic rings. The van der Waals surface area contributed by atoms with E-state index in [1.54, 1.807) is 29.5 Å². The van der Waals surface area contributed by atoms with E-state index in [0.29, 0.717) is 0 Å². The maximum absolute atomic E-state index is 12.7. The number of nitrogens with zero attached hydrogens (tertiary/aromatic N) is 1. The van der Waals surface area contributed by atoms with Crippen molar-refractivity contribution in [2.45, 2.75) is 13.3 Å². The maximum Gasteiger partial charge on any atom is 0.357 e. The van der Waals surface area contributed by atoms with Gasteiger partial charge >= 0.3 is 5.97 Å². The average molecular weight is 357 g/mol. The Hall–Kier alpha value is -0.990. The molecule has 0 unspecified atom stereocenters. The van der Waals surface area contributed by atoms with E-state index in [0.717, 1.165) is 6.07 Å². The molecule has 0 fully saturated rings. The predicted molar refractivity (Wildman–Crippen MR) is 64.4 cm³/mol. The molecule has 94 valence electrons. The lowest BCUT2D eigenvalue weighted by Crippen LogP contribution is -2.10. The largest absolute Gasteiger partial charge is 0.496 e. The fourth-order valence-corrected chi connectivity index (χ4v) is 1.94. The van der Waals surface area contributed by atoms with Crippen molar-refractivity contribution >= 4 is 28.6 Å². The molecule has 0 amide bonds. The van der Waals surface area contributed by atoms with Crippen LogP contribution < -0.4 is 4.74 Å². The SMILES string of the molecule is CCOC(=O)c1cc(OC)c(C(F)F)c(I)n1. The first-order valence-electron chi connectivity index (χ1n) is 4.71. The van der Waals surface area contributed by atoms with Gasteiger partial charge in [0.15, 0.2) is 5.69 Å². The number of halogens is 3. The van der Waals surface area contributed by atoms with Gasteiger partial charge in [-0.1, -0.05) is 0 Å². The minimum atomic E-state index is -2.71. The summed E-state index contributed by atoms with van der Waals surface area (Å²) in [5.74, 6) is -0.730. The molecule has 0 saturated heterocycles. The lowest BCUT2D eigenvalue weighted by Gasteiger charge is -2.11. The highest BCUT2D eigenvalue weighted by atomic mass is 127. The number of aromatic nitrogens is 1. The Bertz CT molecular complexity index is 426. The quantitative estimate of drug-likeness (QED) is 0.473. The predicted octanol–water partition coefficient (Wildman–Crippen LogP) is 2.81. The van der Waals surface area contributed by atoms with Crippen LogP contribution in [0.15, 0.2) is 6.07 Å². The molecule has 0 aromatic carbocycles. The number of hydrogen-bond donors (Lipinski definition) is 0. The van der Waals surface area contributed by atoms with Crippen LogP contribution in [-0.2, 0) is 4.74 Å². The van der Waals surface area contributed by atoms with Gasteiger partial charge in [0.1, 0.15) is 9.45 Å². The Morgan fingerprint density at radius 2 is 2.24 bits per heavy atom. The van der Waals surface area contributed by atoms with E-state index in [-0.39, 0.29) is 27.3 Å². The number of alkyl halides is 2. The van der Waals surface area contributed by atoms with E-state index in [2.05, 4.69) is 4.98 Å². The second-order valence-corrected chi connectivity index (χ2v) is 3.96. The van der Waals surface area contributed by atoms with Gasteiger partial charge in [-0.05, 0) is 29.5 Å². The lowest BCUT2D eigenvalue weighted by molar-refractivity contribution is 0.0518. The van der Waals surface area contributed by atoms with Crippen molar-refractivity contribution in [2.75, 3.05) is 13.7 Å². The van der Waals surface area contributed by atoms with Crippen LogP contribution >= 0.6 is 22.6 Å². The zero-order valence-corrected chi connectivity index (χ0v) is 11.3. The molecule has 0 saturated carbocycles. The molecule has 0 aliphatic carbocycles. The average Bonchev–Trinajstić information content (AvgIpc) is 2.27. The summed E-state index contributed by atoms with van der Waals surface area (Å²) in [6.07, 6.45) is -2.71. The highest BCUT2D eigenvalue weighted by Gasteiger charge is 2.22. The van der Waals surface area contributed by atoms with Crippen molar-refractivity contribution in [2.24, 2.45) is 0 Å². The molecule has 0 radical (unpaired) electrons. The minimum absolute atomic E-state index is 0.0278. The van der Waals surface area contributed by atoms with E-state index in [9.17, 15) is 13.6 Å². The number of ether oxygens (including phenoxy) is 2. The van der Waals surface area contributed by atoms with Crippen molar-refractivity contribution in [1.29, 1.82) is 0 Å². The van der Waals surface area contributed by atoms with E-state index in [1.807, 2.05) is 0 Å². The fourth-order valence-electron chi connectivity index (χ4n) is 1.18. The maximum atomic E-state index is 12.7. The Labute approximate surface area is 110 Å². The molecule has 0 aliphatic heterocycles. The second kappa shape index (κ2) is 6.08. The Morgan fingerprint density at radius 1 is 1.59 bits per heavy atom. The number of pyridine rings is 1. The summed E-state index contributed by atoms with van der Waals surface area (Å²) in [5, 5.41) is 0. The number of esters is 1. The van der Waals surface area contributed by atoms with Crippen molar-refractivity contribution in [3.05, 3.63) is 21.0 Å². The summed E-state index contributed by atoms with van der Waals surface area (Å²) in [6, 6.07) is 1.15. The highest BCUT2D eigenvalue weighted by Crippen LogP contribution is 2.32. The smallest absolute Gasteiger partial charge is 0.357 e. The summed E-state index contributed by atoms with van der Waals surface area (Å²) < 4.78 is 35.0. The van der Waals surface area contributed by atoms with Gasteiger partial charge in [-0.3, -0.25) is 0 Å².